The molecule has 0 fully saturated rings. The molecule has 0 unspecified atom stereocenters. The number of carbonyl (C=O) groups is 1. The summed E-state index contributed by atoms with van der Waals surface area (Å²) in [7, 11) is 0. The summed E-state index contributed by atoms with van der Waals surface area (Å²) in [5.41, 5.74) is 9.70. The van der Waals surface area contributed by atoms with E-state index in [1.807, 2.05) is 23.7 Å². The van der Waals surface area contributed by atoms with Gasteiger partial charge in [0.25, 0.3) is 0 Å². The van der Waals surface area contributed by atoms with E-state index < -0.39 is 0 Å². The van der Waals surface area contributed by atoms with E-state index in [4.69, 9.17) is 5.73 Å². The van der Waals surface area contributed by atoms with Crippen LogP contribution in [0.5, 0.6) is 0 Å². The van der Waals surface area contributed by atoms with Crippen LogP contribution in [0.15, 0.2) is 41.4 Å². The molecule has 0 saturated heterocycles. The van der Waals surface area contributed by atoms with Crippen molar-refractivity contribution in [1.82, 2.24) is 4.98 Å². The van der Waals surface area contributed by atoms with Gasteiger partial charge < -0.3 is 10.6 Å². The van der Waals surface area contributed by atoms with Crippen LogP contribution in [0.3, 0.4) is 0 Å². The van der Waals surface area contributed by atoms with Crippen molar-refractivity contribution < 1.29 is 4.79 Å². The Hall–Kier alpha value is -2.14. The maximum Gasteiger partial charge on any atom is 0.248 e. The first-order valence-electron chi connectivity index (χ1n) is 6.88. The Morgan fingerprint density at radius 3 is 2.71 bits per heavy atom. The highest BCUT2D eigenvalue weighted by Crippen LogP contribution is 2.30. The molecule has 1 aromatic carbocycles. The van der Waals surface area contributed by atoms with Crippen LogP contribution in [0.2, 0.25) is 0 Å². The fourth-order valence-corrected chi connectivity index (χ4v) is 3.24. The standard InChI is InChI=1S/C16H17N3OS/c1-11-6-8-19(16-18-7-9-21-16)10-14(11)12-2-4-13(5-3-12)15(17)20/h2-5,7,9H,6,8,10H2,1H3,(H2,17,20). The van der Waals surface area contributed by atoms with E-state index in [2.05, 4.69) is 16.8 Å². The number of hydrogen-bond acceptors (Lipinski definition) is 4. The van der Waals surface area contributed by atoms with E-state index in [-0.39, 0.29) is 5.91 Å². The van der Waals surface area contributed by atoms with Crippen molar-refractivity contribution >= 4 is 27.9 Å². The molecule has 5 heteroatoms. The van der Waals surface area contributed by atoms with Gasteiger partial charge in [0.2, 0.25) is 5.91 Å². The first-order valence-corrected chi connectivity index (χ1v) is 7.76. The monoisotopic (exact) mass is 299 g/mol. The number of rotatable bonds is 3. The van der Waals surface area contributed by atoms with Crippen molar-refractivity contribution in [3.05, 3.63) is 52.5 Å². The molecule has 2 aromatic rings. The quantitative estimate of drug-likeness (QED) is 0.948. The molecular formula is C16H17N3OS. The van der Waals surface area contributed by atoms with Gasteiger partial charge in [-0.2, -0.15) is 0 Å². The van der Waals surface area contributed by atoms with Crippen LogP contribution < -0.4 is 10.6 Å². The highest BCUT2D eigenvalue weighted by molar-refractivity contribution is 7.13. The average Bonchev–Trinajstić information content (AvgIpc) is 3.02. The van der Waals surface area contributed by atoms with E-state index in [1.54, 1.807) is 23.5 Å². The van der Waals surface area contributed by atoms with Crippen LogP contribution in [0.25, 0.3) is 5.57 Å². The van der Waals surface area contributed by atoms with Gasteiger partial charge in [0.1, 0.15) is 0 Å². The average molecular weight is 299 g/mol. The summed E-state index contributed by atoms with van der Waals surface area (Å²) >= 11 is 1.67. The molecular weight excluding hydrogens is 282 g/mol. The summed E-state index contributed by atoms with van der Waals surface area (Å²) in [6, 6.07) is 7.54. The summed E-state index contributed by atoms with van der Waals surface area (Å²) in [5.74, 6) is -0.389. The van der Waals surface area contributed by atoms with Gasteiger partial charge in [-0.05, 0) is 36.6 Å². The van der Waals surface area contributed by atoms with Gasteiger partial charge in [-0.1, -0.05) is 17.7 Å². The topological polar surface area (TPSA) is 59.2 Å². The zero-order valence-electron chi connectivity index (χ0n) is 11.9. The summed E-state index contributed by atoms with van der Waals surface area (Å²) in [4.78, 5) is 17.8. The molecule has 1 amide bonds. The number of amides is 1. The van der Waals surface area contributed by atoms with Gasteiger partial charge in [0.05, 0.1) is 0 Å². The normalized spacial score (nSPS) is 15.4. The number of primary amides is 1. The highest BCUT2D eigenvalue weighted by Gasteiger charge is 2.19. The third-order valence-electron chi connectivity index (χ3n) is 3.83. The number of benzene rings is 1. The summed E-state index contributed by atoms with van der Waals surface area (Å²) in [6.07, 6.45) is 2.87. The Morgan fingerprint density at radius 1 is 1.33 bits per heavy atom. The van der Waals surface area contributed by atoms with Gasteiger partial charge in [0, 0.05) is 30.2 Å². The molecule has 108 valence electrons. The van der Waals surface area contributed by atoms with E-state index in [0.717, 1.165) is 30.2 Å². The molecule has 0 aliphatic carbocycles. The largest absolute Gasteiger partial charge is 0.366 e. The molecule has 1 aromatic heterocycles. The Bertz CT molecular complexity index is 674. The van der Waals surface area contributed by atoms with E-state index >= 15 is 0 Å². The highest BCUT2D eigenvalue weighted by atomic mass is 32.1. The van der Waals surface area contributed by atoms with Crippen LogP contribution in [-0.2, 0) is 0 Å². The maximum atomic E-state index is 11.2. The molecule has 3 rings (SSSR count). The minimum Gasteiger partial charge on any atom is -0.366 e. The molecule has 0 bridgehead atoms. The molecule has 4 nitrogen and oxygen atoms in total. The number of aromatic nitrogens is 1. The van der Waals surface area contributed by atoms with Gasteiger partial charge >= 0.3 is 0 Å². The molecule has 0 saturated carbocycles. The van der Waals surface area contributed by atoms with E-state index in [0.29, 0.717) is 5.56 Å². The van der Waals surface area contributed by atoms with Crippen molar-refractivity contribution in [2.24, 2.45) is 5.73 Å². The second-order valence-corrected chi connectivity index (χ2v) is 6.06. The Kier molecular flexibility index (Phi) is 3.75. The van der Waals surface area contributed by atoms with Gasteiger partial charge in [-0.25, -0.2) is 4.98 Å². The number of carbonyl (C=O) groups excluding carboxylic acids is 1. The first-order chi connectivity index (χ1) is 10.1. The second-order valence-electron chi connectivity index (χ2n) is 5.19. The maximum absolute atomic E-state index is 11.2. The lowest BCUT2D eigenvalue weighted by molar-refractivity contribution is 0.100. The molecule has 1 aliphatic rings. The van der Waals surface area contributed by atoms with E-state index in [9.17, 15) is 4.79 Å². The third-order valence-corrected chi connectivity index (χ3v) is 4.66. The van der Waals surface area contributed by atoms with Crippen LogP contribution >= 0.6 is 11.3 Å². The first kappa shape index (κ1) is 13.8. The molecule has 0 radical (unpaired) electrons. The Labute approximate surface area is 127 Å². The zero-order valence-corrected chi connectivity index (χ0v) is 12.7. The van der Waals surface area contributed by atoms with Gasteiger partial charge in [-0.15, -0.1) is 11.3 Å². The smallest absolute Gasteiger partial charge is 0.248 e. The molecule has 1 aliphatic heterocycles. The molecule has 21 heavy (non-hydrogen) atoms. The lowest BCUT2D eigenvalue weighted by Gasteiger charge is -2.30. The van der Waals surface area contributed by atoms with Crippen molar-refractivity contribution in [2.45, 2.75) is 13.3 Å². The fraction of sp³-hybridized carbons (Fsp3) is 0.250. The van der Waals surface area contributed by atoms with Crippen molar-refractivity contribution in [3.8, 4) is 0 Å². The molecule has 0 atom stereocenters. The number of hydrogen-bond donors (Lipinski definition) is 1. The number of thiazole rings is 1. The summed E-state index contributed by atoms with van der Waals surface area (Å²) in [5, 5.41) is 3.07. The lowest BCUT2D eigenvalue weighted by atomic mass is 9.94. The van der Waals surface area contributed by atoms with Gasteiger partial charge in [-0.3, -0.25) is 4.79 Å². The van der Waals surface area contributed by atoms with E-state index in [1.165, 1.54) is 11.1 Å². The predicted molar refractivity (Wildman–Crippen MR) is 86.5 cm³/mol. The second kappa shape index (κ2) is 5.69. The Balaban J connectivity index is 1.87. The number of nitrogens with two attached hydrogens (primary N) is 1. The Morgan fingerprint density at radius 2 is 2.10 bits per heavy atom. The minimum absolute atomic E-state index is 0.389. The SMILES string of the molecule is CC1=C(c2ccc(C(N)=O)cc2)CN(c2nccs2)CC1. The predicted octanol–water partition coefficient (Wildman–Crippen LogP) is 2.93. The minimum atomic E-state index is -0.389. The van der Waals surface area contributed by atoms with Crippen LogP contribution in [0.1, 0.15) is 29.3 Å². The molecule has 2 heterocycles. The summed E-state index contributed by atoms with van der Waals surface area (Å²) in [6.45, 7) is 4.04. The molecule has 2 N–H and O–H groups in total. The van der Waals surface area contributed by atoms with Crippen LogP contribution in [0, 0.1) is 0 Å². The van der Waals surface area contributed by atoms with Crippen molar-refractivity contribution in [1.29, 1.82) is 0 Å². The van der Waals surface area contributed by atoms with Crippen molar-refractivity contribution in [3.63, 3.8) is 0 Å². The zero-order chi connectivity index (χ0) is 14.8. The fourth-order valence-electron chi connectivity index (χ4n) is 2.57. The summed E-state index contributed by atoms with van der Waals surface area (Å²) < 4.78 is 0. The van der Waals surface area contributed by atoms with Gasteiger partial charge in [0.15, 0.2) is 5.13 Å². The van der Waals surface area contributed by atoms with Crippen LogP contribution in [0.4, 0.5) is 5.13 Å². The van der Waals surface area contributed by atoms with Crippen LogP contribution in [-0.4, -0.2) is 24.0 Å². The molecule has 0 spiro atoms. The number of anilines is 1. The van der Waals surface area contributed by atoms with Crippen molar-refractivity contribution in [2.75, 3.05) is 18.0 Å². The third kappa shape index (κ3) is 2.83. The lowest BCUT2D eigenvalue weighted by Crippen LogP contribution is -2.30. The number of nitrogens with zero attached hydrogens (tertiary/aromatic N) is 2.